The zero-order chi connectivity index (χ0) is 14.9. The Morgan fingerprint density at radius 3 is 2.85 bits per heavy atom. The van der Waals surface area contributed by atoms with Gasteiger partial charge in [-0.2, -0.15) is 0 Å². The molecular weight excluding hydrogens is 258 g/mol. The summed E-state index contributed by atoms with van der Waals surface area (Å²) in [4.78, 5) is 17.3. The van der Waals surface area contributed by atoms with Crippen LogP contribution in [0.15, 0.2) is 18.2 Å². The minimum Gasteiger partial charge on any atom is -0.493 e. The lowest BCUT2D eigenvalue weighted by Gasteiger charge is -2.37. The zero-order valence-corrected chi connectivity index (χ0v) is 12.3. The maximum absolute atomic E-state index is 12.2. The normalized spacial score (nSPS) is 20.2. The van der Waals surface area contributed by atoms with Crippen molar-refractivity contribution in [1.29, 1.82) is 0 Å². The van der Waals surface area contributed by atoms with Gasteiger partial charge in [0.15, 0.2) is 0 Å². The molecule has 2 N–H and O–H groups in total. The van der Waals surface area contributed by atoms with Gasteiger partial charge in [0.1, 0.15) is 5.75 Å². The molecule has 0 spiro atoms. The SMILES string of the molecule is CC(C)ONC(=O)c1cccc2c1[C@@H](O)C(C)(C)CO2. The van der Waals surface area contributed by atoms with Crippen LogP contribution in [0.2, 0.25) is 0 Å². The second-order valence-corrected chi connectivity index (χ2v) is 5.99. The largest absolute Gasteiger partial charge is 0.493 e. The maximum Gasteiger partial charge on any atom is 0.275 e. The van der Waals surface area contributed by atoms with Crippen LogP contribution in [0.3, 0.4) is 0 Å². The van der Waals surface area contributed by atoms with Crippen LogP contribution in [0.5, 0.6) is 5.75 Å². The van der Waals surface area contributed by atoms with Gasteiger partial charge in [-0.05, 0) is 26.0 Å². The van der Waals surface area contributed by atoms with Gasteiger partial charge in [0.2, 0.25) is 0 Å². The van der Waals surface area contributed by atoms with Crippen molar-refractivity contribution in [2.24, 2.45) is 5.41 Å². The first kappa shape index (κ1) is 14.8. The van der Waals surface area contributed by atoms with Gasteiger partial charge in [-0.15, -0.1) is 0 Å². The molecule has 0 aromatic heterocycles. The summed E-state index contributed by atoms with van der Waals surface area (Å²) in [6.07, 6.45) is -0.872. The average Bonchev–Trinajstić information content (AvgIpc) is 2.40. The Hall–Kier alpha value is -1.59. The van der Waals surface area contributed by atoms with Crippen LogP contribution >= 0.6 is 0 Å². The van der Waals surface area contributed by atoms with Crippen LogP contribution in [-0.4, -0.2) is 23.7 Å². The molecule has 20 heavy (non-hydrogen) atoms. The van der Waals surface area contributed by atoms with Gasteiger partial charge in [0.05, 0.1) is 24.4 Å². The van der Waals surface area contributed by atoms with Gasteiger partial charge in [0, 0.05) is 11.0 Å². The molecule has 1 heterocycles. The van der Waals surface area contributed by atoms with Crippen molar-refractivity contribution in [1.82, 2.24) is 5.48 Å². The molecule has 2 rings (SSSR count). The van der Waals surface area contributed by atoms with Crippen LogP contribution in [-0.2, 0) is 4.84 Å². The Morgan fingerprint density at radius 2 is 2.20 bits per heavy atom. The van der Waals surface area contributed by atoms with E-state index in [1.54, 1.807) is 18.2 Å². The highest BCUT2D eigenvalue weighted by Gasteiger charge is 2.38. The van der Waals surface area contributed by atoms with Crippen molar-refractivity contribution in [2.75, 3.05) is 6.61 Å². The second-order valence-electron chi connectivity index (χ2n) is 5.99. The highest BCUT2D eigenvalue weighted by atomic mass is 16.7. The third kappa shape index (κ3) is 2.78. The topological polar surface area (TPSA) is 67.8 Å². The van der Waals surface area contributed by atoms with Crippen LogP contribution in [0.1, 0.15) is 49.7 Å². The number of hydrogen-bond acceptors (Lipinski definition) is 4. The molecule has 5 nitrogen and oxygen atoms in total. The van der Waals surface area contributed by atoms with Crippen molar-refractivity contribution in [3.05, 3.63) is 29.3 Å². The van der Waals surface area contributed by atoms with Crippen LogP contribution in [0.25, 0.3) is 0 Å². The number of aliphatic hydroxyl groups is 1. The van der Waals surface area contributed by atoms with Crippen molar-refractivity contribution in [3.63, 3.8) is 0 Å². The zero-order valence-electron chi connectivity index (χ0n) is 12.3. The van der Waals surface area contributed by atoms with Gasteiger partial charge in [-0.25, -0.2) is 5.48 Å². The minimum atomic E-state index is -0.757. The van der Waals surface area contributed by atoms with E-state index in [4.69, 9.17) is 9.57 Å². The maximum atomic E-state index is 12.2. The molecule has 0 saturated heterocycles. The molecule has 110 valence electrons. The molecule has 0 bridgehead atoms. The van der Waals surface area contributed by atoms with Gasteiger partial charge in [-0.3, -0.25) is 9.63 Å². The number of benzene rings is 1. The number of fused-ring (bicyclic) bond motifs is 1. The smallest absolute Gasteiger partial charge is 0.275 e. The highest BCUT2D eigenvalue weighted by molar-refractivity contribution is 5.96. The van der Waals surface area contributed by atoms with E-state index in [1.807, 2.05) is 27.7 Å². The van der Waals surface area contributed by atoms with Crippen LogP contribution in [0, 0.1) is 5.41 Å². The van der Waals surface area contributed by atoms with Crippen LogP contribution < -0.4 is 10.2 Å². The Labute approximate surface area is 118 Å². The molecule has 1 amide bonds. The van der Waals surface area contributed by atoms with E-state index in [1.165, 1.54) is 0 Å². The first-order valence-electron chi connectivity index (χ1n) is 6.72. The molecule has 1 aliphatic heterocycles. The fraction of sp³-hybridized carbons (Fsp3) is 0.533. The van der Waals surface area contributed by atoms with Gasteiger partial charge in [0.25, 0.3) is 5.91 Å². The predicted octanol–water partition coefficient (Wildman–Crippen LogP) is 2.21. The van der Waals surface area contributed by atoms with Gasteiger partial charge in [-0.1, -0.05) is 19.9 Å². The second kappa shape index (κ2) is 5.42. The monoisotopic (exact) mass is 279 g/mol. The molecule has 1 aromatic rings. The van der Waals surface area contributed by atoms with E-state index in [0.717, 1.165) is 0 Å². The Balaban J connectivity index is 2.34. The summed E-state index contributed by atoms with van der Waals surface area (Å²) in [5.41, 5.74) is 2.85. The molecule has 0 saturated carbocycles. The van der Waals surface area contributed by atoms with E-state index in [-0.39, 0.29) is 12.0 Å². The minimum absolute atomic E-state index is 0.115. The number of ether oxygens (including phenoxy) is 1. The number of amides is 1. The average molecular weight is 279 g/mol. The van der Waals surface area contributed by atoms with E-state index < -0.39 is 11.5 Å². The fourth-order valence-electron chi connectivity index (χ4n) is 2.11. The summed E-state index contributed by atoms with van der Waals surface area (Å²) in [6.45, 7) is 7.86. The lowest BCUT2D eigenvalue weighted by molar-refractivity contribution is -0.0111. The molecule has 0 radical (unpaired) electrons. The predicted molar refractivity (Wildman–Crippen MR) is 74.4 cm³/mol. The number of carbonyl (C=O) groups excluding carboxylic acids is 1. The number of carbonyl (C=O) groups is 1. The molecule has 1 atom stereocenters. The lowest BCUT2D eigenvalue weighted by Crippen LogP contribution is -2.36. The third-order valence-electron chi connectivity index (χ3n) is 3.31. The molecule has 0 fully saturated rings. The van der Waals surface area contributed by atoms with Crippen molar-refractivity contribution >= 4 is 5.91 Å². The van der Waals surface area contributed by atoms with E-state index in [9.17, 15) is 9.90 Å². The summed E-state index contributed by atoms with van der Waals surface area (Å²) < 4.78 is 5.64. The van der Waals surface area contributed by atoms with Crippen molar-refractivity contribution in [3.8, 4) is 5.75 Å². The molecule has 1 aliphatic rings. The number of aliphatic hydroxyl groups excluding tert-OH is 1. The number of hydrogen-bond donors (Lipinski definition) is 2. The summed E-state index contributed by atoms with van der Waals surface area (Å²) in [5.74, 6) is 0.171. The molecule has 1 aromatic carbocycles. The number of hydroxylamine groups is 1. The summed E-state index contributed by atoms with van der Waals surface area (Å²) >= 11 is 0. The Kier molecular flexibility index (Phi) is 4.01. The number of nitrogens with one attached hydrogen (secondary N) is 1. The number of rotatable bonds is 3. The van der Waals surface area contributed by atoms with Crippen molar-refractivity contribution in [2.45, 2.75) is 39.9 Å². The summed E-state index contributed by atoms with van der Waals surface area (Å²) in [5, 5.41) is 10.5. The molecule has 5 heteroatoms. The van der Waals surface area contributed by atoms with E-state index in [0.29, 0.717) is 23.5 Å². The first-order valence-corrected chi connectivity index (χ1v) is 6.72. The summed E-state index contributed by atoms with van der Waals surface area (Å²) in [7, 11) is 0. The lowest BCUT2D eigenvalue weighted by atomic mass is 9.79. The summed E-state index contributed by atoms with van der Waals surface area (Å²) in [6, 6.07) is 5.15. The van der Waals surface area contributed by atoms with Gasteiger partial charge >= 0.3 is 0 Å². The Bertz CT molecular complexity index is 511. The first-order chi connectivity index (χ1) is 9.33. The third-order valence-corrected chi connectivity index (χ3v) is 3.31. The van der Waals surface area contributed by atoms with E-state index in [2.05, 4.69) is 5.48 Å². The molecular formula is C15H21NO4. The van der Waals surface area contributed by atoms with E-state index >= 15 is 0 Å². The standard InChI is InChI=1S/C15H21NO4/c1-9(2)20-16-14(18)10-6-5-7-11-12(10)13(17)15(3,4)8-19-11/h5-7,9,13,17H,8H2,1-4H3,(H,16,18)/t13-/m1/s1. The van der Waals surface area contributed by atoms with Crippen molar-refractivity contribution < 1.29 is 19.5 Å². The molecule has 0 unspecified atom stereocenters. The Morgan fingerprint density at radius 1 is 1.50 bits per heavy atom. The van der Waals surface area contributed by atoms with Crippen LogP contribution in [0.4, 0.5) is 0 Å². The highest BCUT2D eigenvalue weighted by Crippen LogP contribution is 2.44. The van der Waals surface area contributed by atoms with Gasteiger partial charge < -0.3 is 9.84 Å². The fourth-order valence-corrected chi connectivity index (χ4v) is 2.11. The quantitative estimate of drug-likeness (QED) is 0.832. The molecule has 0 aliphatic carbocycles.